The van der Waals surface area contributed by atoms with Gasteiger partial charge in [0.05, 0.1) is 24.4 Å². The van der Waals surface area contributed by atoms with Crippen LogP contribution >= 0.6 is 0 Å². The summed E-state index contributed by atoms with van der Waals surface area (Å²) in [7, 11) is 0. The number of piperidine rings is 1. The van der Waals surface area contributed by atoms with Gasteiger partial charge in [0.15, 0.2) is 6.10 Å². The number of rotatable bonds is 2. The first-order valence-electron chi connectivity index (χ1n) is 10.5. The van der Waals surface area contributed by atoms with Crippen molar-refractivity contribution in [3.8, 4) is 0 Å². The summed E-state index contributed by atoms with van der Waals surface area (Å²) in [6, 6.07) is 7.40. The van der Waals surface area contributed by atoms with E-state index in [9.17, 15) is 22.8 Å². The van der Waals surface area contributed by atoms with Crippen LogP contribution in [0.5, 0.6) is 0 Å². The number of alkyl halides is 3. The van der Waals surface area contributed by atoms with E-state index in [1.54, 1.807) is 17.2 Å². The number of carbonyl (C=O) groups is 2. The molecule has 2 amide bonds. The van der Waals surface area contributed by atoms with E-state index in [-0.39, 0.29) is 31.2 Å². The van der Waals surface area contributed by atoms with Gasteiger partial charge in [0.1, 0.15) is 0 Å². The fourth-order valence-corrected chi connectivity index (χ4v) is 4.16. The largest absolute Gasteiger partial charge is 0.416 e. The predicted molar refractivity (Wildman–Crippen MR) is 115 cm³/mol. The molecule has 33 heavy (non-hydrogen) atoms. The van der Waals surface area contributed by atoms with Gasteiger partial charge in [-0.25, -0.2) is 0 Å². The van der Waals surface area contributed by atoms with Gasteiger partial charge in [-0.05, 0) is 25.1 Å². The first kappa shape index (κ1) is 22.8. The minimum absolute atomic E-state index is 0.0467. The van der Waals surface area contributed by atoms with Gasteiger partial charge in [-0.1, -0.05) is 6.07 Å². The van der Waals surface area contributed by atoms with Gasteiger partial charge in [-0.3, -0.25) is 9.59 Å². The van der Waals surface area contributed by atoms with Crippen LogP contribution in [0.4, 0.5) is 13.2 Å². The van der Waals surface area contributed by atoms with Crippen LogP contribution < -0.4 is 5.84 Å². The molecule has 0 radical (unpaired) electrons. The first-order chi connectivity index (χ1) is 15.7. The Morgan fingerprint density at radius 1 is 1.21 bits per heavy atom. The van der Waals surface area contributed by atoms with Crippen LogP contribution in [0.1, 0.15) is 23.7 Å². The Labute approximate surface area is 188 Å². The maximum absolute atomic E-state index is 13.1. The molecule has 1 unspecified atom stereocenters. The minimum atomic E-state index is -4.56. The summed E-state index contributed by atoms with van der Waals surface area (Å²) in [6.07, 6.45) is -2.67. The number of ether oxygens (including phenoxy) is 1. The third-order valence-corrected chi connectivity index (χ3v) is 6.00. The molecule has 8 nitrogen and oxygen atoms in total. The highest BCUT2D eigenvalue weighted by atomic mass is 19.4. The van der Waals surface area contributed by atoms with Gasteiger partial charge in [0, 0.05) is 55.1 Å². The molecule has 2 N–H and O–H groups in total. The number of halogens is 3. The number of nitrogens with zero attached hydrogens (tertiary/aromatic N) is 4. The molecule has 2 aliphatic heterocycles. The molecule has 2 saturated heterocycles. The number of amides is 2. The second kappa shape index (κ2) is 8.89. The standard InChI is InChI=1S/C22H24F3N5O3/c1-14(20(31)30-8-9-33-19(13-30)22(23,24)25)17-12-29(7-5-18(17)27-26)21(32)15-10-16-4-2-3-6-28(16)11-15/h2-4,6,10-11,19H,5,7-9,12-13,26H2,1H3/b17-14+,27-18-. The summed E-state index contributed by atoms with van der Waals surface area (Å²) in [5.41, 5.74) is 2.52. The highest BCUT2D eigenvalue weighted by Crippen LogP contribution is 2.27. The summed E-state index contributed by atoms with van der Waals surface area (Å²) >= 11 is 0. The maximum Gasteiger partial charge on any atom is 0.416 e. The van der Waals surface area contributed by atoms with Crippen LogP contribution in [-0.2, 0) is 9.53 Å². The van der Waals surface area contributed by atoms with E-state index < -0.39 is 24.7 Å². The Hall–Kier alpha value is -3.34. The number of nitrogens with two attached hydrogens (primary N) is 1. The Morgan fingerprint density at radius 2 is 2.00 bits per heavy atom. The molecule has 11 heteroatoms. The molecule has 176 valence electrons. The topological polar surface area (TPSA) is 92.6 Å². The monoisotopic (exact) mass is 463 g/mol. The molecular weight excluding hydrogens is 439 g/mol. The number of pyridine rings is 1. The fraction of sp³-hybridized carbons (Fsp3) is 0.409. The van der Waals surface area contributed by atoms with Gasteiger partial charge >= 0.3 is 6.18 Å². The summed E-state index contributed by atoms with van der Waals surface area (Å²) in [5, 5.41) is 3.77. The Morgan fingerprint density at radius 3 is 2.70 bits per heavy atom. The number of aromatic nitrogens is 1. The Balaban J connectivity index is 1.56. The lowest BCUT2D eigenvalue weighted by Gasteiger charge is -2.35. The van der Waals surface area contributed by atoms with Crippen molar-refractivity contribution in [1.29, 1.82) is 0 Å². The van der Waals surface area contributed by atoms with Crippen LogP contribution in [0.25, 0.3) is 5.52 Å². The van der Waals surface area contributed by atoms with Crippen LogP contribution in [0.15, 0.2) is 52.9 Å². The zero-order chi connectivity index (χ0) is 23.8. The van der Waals surface area contributed by atoms with Crippen molar-refractivity contribution in [2.24, 2.45) is 10.9 Å². The number of fused-ring (bicyclic) bond motifs is 1. The molecule has 2 fully saturated rings. The van der Waals surface area contributed by atoms with Crippen LogP contribution in [0.3, 0.4) is 0 Å². The van der Waals surface area contributed by atoms with E-state index in [0.29, 0.717) is 29.8 Å². The van der Waals surface area contributed by atoms with Gasteiger partial charge in [-0.15, -0.1) is 0 Å². The van der Waals surface area contributed by atoms with Gasteiger partial charge in [-0.2, -0.15) is 18.3 Å². The Bertz CT molecular complexity index is 1100. The average molecular weight is 463 g/mol. The third-order valence-electron chi connectivity index (χ3n) is 6.00. The van der Waals surface area contributed by atoms with E-state index in [1.807, 2.05) is 28.8 Å². The zero-order valence-electron chi connectivity index (χ0n) is 18.0. The highest BCUT2D eigenvalue weighted by molar-refractivity contribution is 6.10. The average Bonchev–Trinajstić information content (AvgIpc) is 3.26. The van der Waals surface area contributed by atoms with Crippen LogP contribution in [0, 0.1) is 0 Å². The minimum Gasteiger partial charge on any atom is -0.365 e. The number of morpholine rings is 1. The normalized spacial score (nSPS) is 22.7. The quantitative estimate of drug-likeness (QED) is 0.420. The van der Waals surface area contributed by atoms with Crippen LogP contribution in [-0.4, -0.2) is 76.8 Å². The molecular formula is C22H24F3N5O3. The molecule has 2 aromatic heterocycles. The Kier molecular flexibility index (Phi) is 6.15. The lowest BCUT2D eigenvalue weighted by molar-refractivity contribution is -0.235. The van der Waals surface area contributed by atoms with E-state index >= 15 is 0 Å². The summed E-state index contributed by atoms with van der Waals surface area (Å²) < 4.78 is 45.8. The van der Waals surface area contributed by atoms with E-state index in [1.165, 1.54) is 6.92 Å². The van der Waals surface area contributed by atoms with Gasteiger partial charge in [0.25, 0.3) is 5.91 Å². The number of hydrogen-bond donors (Lipinski definition) is 1. The molecule has 1 atom stereocenters. The van der Waals surface area contributed by atoms with Crippen molar-refractivity contribution in [2.45, 2.75) is 25.6 Å². The first-order valence-corrected chi connectivity index (χ1v) is 10.5. The second-order valence-electron chi connectivity index (χ2n) is 8.07. The summed E-state index contributed by atoms with van der Waals surface area (Å²) in [5.74, 6) is 4.77. The molecule has 2 aliphatic rings. The van der Waals surface area contributed by atoms with Gasteiger partial charge < -0.3 is 24.8 Å². The molecule has 0 spiro atoms. The fourth-order valence-electron chi connectivity index (χ4n) is 4.16. The maximum atomic E-state index is 13.1. The highest BCUT2D eigenvalue weighted by Gasteiger charge is 2.44. The zero-order valence-corrected chi connectivity index (χ0v) is 18.0. The number of hydrogen-bond acceptors (Lipinski definition) is 5. The number of likely N-dealkylation sites (tertiary alicyclic amines) is 1. The molecule has 4 rings (SSSR count). The summed E-state index contributed by atoms with van der Waals surface area (Å²) in [4.78, 5) is 28.9. The van der Waals surface area contributed by atoms with Gasteiger partial charge in [0.2, 0.25) is 5.91 Å². The van der Waals surface area contributed by atoms with E-state index in [4.69, 9.17) is 10.6 Å². The van der Waals surface area contributed by atoms with Crippen molar-refractivity contribution in [3.05, 3.63) is 53.4 Å². The second-order valence-corrected chi connectivity index (χ2v) is 8.07. The van der Waals surface area contributed by atoms with Crippen molar-refractivity contribution < 1.29 is 27.5 Å². The summed E-state index contributed by atoms with van der Waals surface area (Å²) in [6.45, 7) is 1.24. The smallest absolute Gasteiger partial charge is 0.365 e. The molecule has 2 aromatic rings. The SMILES string of the molecule is C/C(C(=O)N1CCOC(C(F)(F)F)C1)=C1/CN(C(=O)c2cc3ccccn3c2)CC/C1=N/N. The number of carbonyl (C=O) groups excluding carboxylic acids is 2. The van der Waals surface area contributed by atoms with Crippen molar-refractivity contribution in [1.82, 2.24) is 14.2 Å². The van der Waals surface area contributed by atoms with Crippen molar-refractivity contribution >= 4 is 23.0 Å². The van der Waals surface area contributed by atoms with E-state index in [2.05, 4.69) is 5.10 Å². The lowest BCUT2D eigenvalue weighted by atomic mass is 9.96. The molecule has 0 bridgehead atoms. The predicted octanol–water partition coefficient (Wildman–Crippen LogP) is 2.21. The van der Waals surface area contributed by atoms with Crippen LogP contribution in [0.2, 0.25) is 0 Å². The molecule has 0 saturated carbocycles. The molecule has 0 aliphatic carbocycles. The van der Waals surface area contributed by atoms with Crippen molar-refractivity contribution in [3.63, 3.8) is 0 Å². The lowest BCUT2D eigenvalue weighted by Crippen LogP contribution is -2.51. The third kappa shape index (κ3) is 4.58. The van der Waals surface area contributed by atoms with Crippen molar-refractivity contribution in [2.75, 3.05) is 32.8 Å². The van der Waals surface area contributed by atoms with E-state index in [0.717, 1.165) is 10.4 Å². The molecule has 0 aromatic carbocycles. The number of hydrazone groups is 1. The molecule has 4 heterocycles.